The van der Waals surface area contributed by atoms with E-state index in [0.717, 1.165) is 23.9 Å². The average Bonchev–Trinajstić information content (AvgIpc) is 2.20. The zero-order chi connectivity index (χ0) is 11.1. The van der Waals surface area contributed by atoms with Crippen molar-refractivity contribution in [3.8, 4) is 5.75 Å². The maximum Gasteiger partial charge on any atom is 0.166 e. The SMILES string of the molecule is CNCCCCOc1ccc(Br)cc1F. The molecule has 0 aliphatic carbocycles. The molecule has 0 heterocycles. The molecule has 0 unspecified atom stereocenters. The van der Waals surface area contributed by atoms with E-state index >= 15 is 0 Å². The smallest absolute Gasteiger partial charge is 0.166 e. The minimum absolute atomic E-state index is 0.321. The maximum absolute atomic E-state index is 13.3. The van der Waals surface area contributed by atoms with Gasteiger partial charge in [-0.05, 0) is 44.6 Å². The third-order valence-electron chi connectivity index (χ3n) is 1.97. The van der Waals surface area contributed by atoms with Gasteiger partial charge in [-0.15, -0.1) is 0 Å². The molecule has 0 bridgehead atoms. The van der Waals surface area contributed by atoms with Crippen molar-refractivity contribution >= 4 is 15.9 Å². The fraction of sp³-hybridized carbons (Fsp3) is 0.455. The summed E-state index contributed by atoms with van der Waals surface area (Å²) in [7, 11) is 1.91. The molecule has 2 nitrogen and oxygen atoms in total. The molecule has 1 aromatic carbocycles. The van der Waals surface area contributed by atoms with Crippen molar-refractivity contribution < 1.29 is 9.13 Å². The number of nitrogens with one attached hydrogen (secondary N) is 1. The maximum atomic E-state index is 13.3. The molecule has 84 valence electrons. The van der Waals surface area contributed by atoms with Gasteiger partial charge in [-0.3, -0.25) is 0 Å². The average molecular weight is 276 g/mol. The Morgan fingerprint density at radius 3 is 2.87 bits per heavy atom. The molecule has 0 atom stereocenters. The molecule has 0 saturated heterocycles. The van der Waals surface area contributed by atoms with Gasteiger partial charge in [0.05, 0.1) is 6.61 Å². The summed E-state index contributed by atoms with van der Waals surface area (Å²) in [6, 6.07) is 4.81. The van der Waals surface area contributed by atoms with Gasteiger partial charge in [0.15, 0.2) is 11.6 Å². The summed E-state index contributed by atoms with van der Waals surface area (Å²) in [6.45, 7) is 1.52. The van der Waals surface area contributed by atoms with Gasteiger partial charge >= 0.3 is 0 Å². The van der Waals surface area contributed by atoms with Crippen LogP contribution in [-0.4, -0.2) is 20.2 Å². The van der Waals surface area contributed by atoms with Gasteiger partial charge in [0.25, 0.3) is 0 Å². The molecule has 0 aliphatic rings. The quantitative estimate of drug-likeness (QED) is 0.806. The molecule has 0 aromatic heterocycles. The summed E-state index contributed by atoms with van der Waals surface area (Å²) in [5, 5.41) is 3.05. The molecule has 0 aliphatic heterocycles. The number of rotatable bonds is 6. The summed E-state index contributed by atoms with van der Waals surface area (Å²) in [4.78, 5) is 0. The summed E-state index contributed by atoms with van der Waals surface area (Å²) >= 11 is 3.19. The molecule has 0 saturated carbocycles. The van der Waals surface area contributed by atoms with Crippen molar-refractivity contribution in [3.05, 3.63) is 28.5 Å². The predicted molar refractivity (Wildman–Crippen MR) is 62.8 cm³/mol. The molecular formula is C11H15BrFNO. The third-order valence-corrected chi connectivity index (χ3v) is 2.47. The van der Waals surface area contributed by atoms with Crippen molar-refractivity contribution in [1.29, 1.82) is 0 Å². The Labute approximate surface area is 98.0 Å². The highest BCUT2D eigenvalue weighted by Crippen LogP contribution is 2.21. The highest BCUT2D eigenvalue weighted by molar-refractivity contribution is 9.10. The van der Waals surface area contributed by atoms with Gasteiger partial charge in [0, 0.05) is 4.47 Å². The van der Waals surface area contributed by atoms with Crippen molar-refractivity contribution in [3.63, 3.8) is 0 Å². The first-order chi connectivity index (χ1) is 7.24. The molecule has 0 amide bonds. The Hall–Kier alpha value is -0.610. The Morgan fingerprint density at radius 1 is 1.40 bits per heavy atom. The van der Waals surface area contributed by atoms with Crippen LogP contribution in [0.5, 0.6) is 5.75 Å². The van der Waals surface area contributed by atoms with E-state index in [4.69, 9.17) is 4.74 Å². The van der Waals surface area contributed by atoms with Crippen LogP contribution in [0.2, 0.25) is 0 Å². The minimum Gasteiger partial charge on any atom is -0.491 e. The number of benzene rings is 1. The van der Waals surface area contributed by atoms with Crippen LogP contribution < -0.4 is 10.1 Å². The Morgan fingerprint density at radius 2 is 2.20 bits per heavy atom. The molecule has 1 rings (SSSR count). The first-order valence-electron chi connectivity index (χ1n) is 4.96. The van der Waals surface area contributed by atoms with E-state index in [9.17, 15) is 4.39 Å². The van der Waals surface area contributed by atoms with Gasteiger partial charge in [-0.1, -0.05) is 15.9 Å². The van der Waals surface area contributed by atoms with Gasteiger partial charge < -0.3 is 10.1 Å². The molecular weight excluding hydrogens is 261 g/mol. The van der Waals surface area contributed by atoms with E-state index in [1.54, 1.807) is 12.1 Å². The van der Waals surface area contributed by atoms with Gasteiger partial charge in [0.2, 0.25) is 0 Å². The molecule has 0 radical (unpaired) electrons. The summed E-state index contributed by atoms with van der Waals surface area (Å²) in [6.07, 6.45) is 1.96. The molecule has 0 fully saturated rings. The van der Waals surface area contributed by atoms with Gasteiger partial charge in [-0.25, -0.2) is 4.39 Å². The topological polar surface area (TPSA) is 21.3 Å². The van der Waals surface area contributed by atoms with E-state index in [1.165, 1.54) is 6.07 Å². The Bertz CT molecular complexity index is 307. The van der Waals surface area contributed by atoms with Gasteiger partial charge in [-0.2, -0.15) is 0 Å². The number of hydrogen-bond donors (Lipinski definition) is 1. The van der Waals surface area contributed by atoms with E-state index < -0.39 is 0 Å². The lowest BCUT2D eigenvalue weighted by atomic mass is 10.3. The monoisotopic (exact) mass is 275 g/mol. The minimum atomic E-state index is -0.321. The van der Waals surface area contributed by atoms with Gasteiger partial charge in [0.1, 0.15) is 0 Å². The second-order valence-electron chi connectivity index (χ2n) is 3.23. The largest absolute Gasteiger partial charge is 0.491 e. The molecule has 1 N–H and O–H groups in total. The normalized spacial score (nSPS) is 10.3. The molecule has 4 heteroatoms. The highest BCUT2D eigenvalue weighted by atomic mass is 79.9. The van der Waals surface area contributed by atoms with Crippen LogP contribution in [-0.2, 0) is 0 Å². The van der Waals surface area contributed by atoms with Crippen LogP contribution in [0.3, 0.4) is 0 Å². The van der Waals surface area contributed by atoms with E-state index in [1.807, 2.05) is 7.05 Å². The fourth-order valence-electron chi connectivity index (χ4n) is 1.18. The first kappa shape index (κ1) is 12.5. The lowest BCUT2D eigenvalue weighted by Gasteiger charge is -2.07. The zero-order valence-electron chi connectivity index (χ0n) is 8.72. The highest BCUT2D eigenvalue weighted by Gasteiger charge is 2.02. The van der Waals surface area contributed by atoms with Crippen molar-refractivity contribution in [2.24, 2.45) is 0 Å². The third kappa shape index (κ3) is 4.62. The van der Waals surface area contributed by atoms with Crippen LogP contribution in [0.1, 0.15) is 12.8 Å². The number of ether oxygens (including phenoxy) is 1. The lowest BCUT2D eigenvalue weighted by molar-refractivity contribution is 0.291. The van der Waals surface area contributed by atoms with Crippen molar-refractivity contribution in [2.75, 3.05) is 20.2 Å². The predicted octanol–water partition coefficient (Wildman–Crippen LogP) is 2.97. The van der Waals surface area contributed by atoms with Crippen molar-refractivity contribution in [2.45, 2.75) is 12.8 Å². The lowest BCUT2D eigenvalue weighted by Crippen LogP contribution is -2.09. The van der Waals surface area contributed by atoms with Crippen LogP contribution in [0.15, 0.2) is 22.7 Å². The van der Waals surface area contributed by atoms with E-state index in [2.05, 4.69) is 21.2 Å². The van der Waals surface area contributed by atoms with Crippen molar-refractivity contribution in [1.82, 2.24) is 5.32 Å². The van der Waals surface area contributed by atoms with Crippen LogP contribution in [0.25, 0.3) is 0 Å². The van der Waals surface area contributed by atoms with E-state index in [0.29, 0.717) is 12.4 Å². The Kier molecular flexibility index (Phi) is 5.65. The number of hydrogen-bond acceptors (Lipinski definition) is 2. The standard InChI is InChI=1S/C11H15BrFNO/c1-14-6-2-3-7-15-11-5-4-9(12)8-10(11)13/h4-5,8,14H,2-3,6-7H2,1H3. The zero-order valence-corrected chi connectivity index (χ0v) is 10.3. The Balaban J connectivity index is 2.31. The first-order valence-corrected chi connectivity index (χ1v) is 5.76. The fourth-order valence-corrected chi connectivity index (χ4v) is 1.51. The summed E-state index contributed by atoms with van der Waals surface area (Å²) in [5.74, 6) is 0.000601. The van der Waals surface area contributed by atoms with E-state index in [-0.39, 0.29) is 5.82 Å². The summed E-state index contributed by atoms with van der Waals surface area (Å²) in [5.41, 5.74) is 0. The summed E-state index contributed by atoms with van der Waals surface area (Å²) < 4.78 is 19.3. The molecule has 1 aromatic rings. The second-order valence-corrected chi connectivity index (χ2v) is 4.15. The second kappa shape index (κ2) is 6.80. The molecule has 0 spiro atoms. The van der Waals surface area contributed by atoms with Crippen LogP contribution in [0, 0.1) is 5.82 Å². The van der Waals surface area contributed by atoms with Crippen LogP contribution >= 0.6 is 15.9 Å². The molecule has 15 heavy (non-hydrogen) atoms. The number of unbranched alkanes of at least 4 members (excludes halogenated alkanes) is 1. The number of halogens is 2. The van der Waals surface area contributed by atoms with Crippen LogP contribution in [0.4, 0.5) is 4.39 Å².